The van der Waals surface area contributed by atoms with Gasteiger partial charge in [-0.15, -0.1) is 22.9 Å². The van der Waals surface area contributed by atoms with Crippen molar-refractivity contribution in [2.24, 2.45) is 5.92 Å². The van der Waals surface area contributed by atoms with Crippen LogP contribution in [-0.4, -0.2) is 10.9 Å². The summed E-state index contributed by atoms with van der Waals surface area (Å²) in [5, 5.41) is 2.02. The van der Waals surface area contributed by atoms with Crippen LogP contribution >= 0.6 is 22.9 Å². The number of halogens is 1. The molecule has 3 heteroatoms. The lowest BCUT2D eigenvalue weighted by molar-refractivity contribution is 0.777. The molecule has 0 saturated heterocycles. The zero-order valence-electron chi connectivity index (χ0n) is 7.25. The van der Waals surface area contributed by atoms with Crippen LogP contribution in [0.1, 0.15) is 19.5 Å². The average molecular weight is 202 g/mol. The number of allylic oxidation sites excluding steroid dienone is 1. The second-order valence-electron chi connectivity index (χ2n) is 2.92. The van der Waals surface area contributed by atoms with E-state index >= 15 is 0 Å². The molecule has 66 valence electrons. The van der Waals surface area contributed by atoms with Crippen molar-refractivity contribution in [3.63, 3.8) is 0 Å². The van der Waals surface area contributed by atoms with Gasteiger partial charge in [-0.2, -0.15) is 0 Å². The standard InChI is InChI=1S/C9H12ClNS/c1-7(2)8(4-10)3-9-5-12-6-11-9/h3,5-7H,4H2,1-2H3. The number of nitrogens with zero attached hydrogens (tertiary/aromatic N) is 1. The van der Waals surface area contributed by atoms with Gasteiger partial charge in [0.2, 0.25) is 0 Å². The zero-order chi connectivity index (χ0) is 8.97. The molecule has 0 aliphatic rings. The summed E-state index contributed by atoms with van der Waals surface area (Å²) in [6.45, 7) is 4.28. The second-order valence-corrected chi connectivity index (χ2v) is 3.91. The number of aromatic nitrogens is 1. The summed E-state index contributed by atoms with van der Waals surface area (Å²) in [6.07, 6.45) is 2.06. The highest BCUT2D eigenvalue weighted by atomic mass is 35.5. The Morgan fingerprint density at radius 2 is 2.50 bits per heavy atom. The number of thiazole rings is 1. The molecular formula is C9H12ClNS. The van der Waals surface area contributed by atoms with Crippen LogP contribution in [0.15, 0.2) is 16.5 Å². The highest BCUT2D eigenvalue weighted by Gasteiger charge is 2.01. The third kappa shape index (κ3) is 2.61. The second kappa shape index (κ2) is 4.63. The Balaban J connectivity index is 2.78. The lowest BCUT2D eigenvalue weighted by atomic mass is 10.0. The topological polar surface area (TPSA) is 12.9 Å². The lowest BCUT2D eigenvalue weighted by Crippen LogP contribution is -1.94. The van der Waals surface area contributed by atoms with E-state index in [0.717, 1.165) is 5.69 Å². The van der Waals surface area contributed by atoms with Gasteiger partial charge in [0.25, 0.3) is 0 Å². The molecule has 0 fully saturated rings. The van der Waals surface area contributed by atoms with E-state index in [1.54, 1.807) is 11.3 Å². The molecule has 1 nitrogen and oxygen atoms in total. The quantitative estimate of drug-likeness (QED) is 0.683. The first-order valence-corrected chi connectivity index (χ1v) is 5.36. The number of alkyl halides is 1. The number of rotatable bonds is 3. The SMILES string of the molecule is CC(C)C(=Cc1cscn1)CCl. The van der Waals surface area contributed by atoms with Gasteiger partial charge in [0.15, 0.2) is 0 Å². The van der Waals surface area contributed by atoms with Crippen molar-refractivity contribution in [1.82, 2.24) is 4.98 Å². The molecule has 0 radical (unpaired) electrons. The third-order valence-electron chi connectivity index (χ3n) is 1.68. The number of hydrogen-bond acceptors (Lipinski definition) is 2. The van der Waals surface area contributed by atoms with E-state index < -0.39 is 0 Å². The Bertz CT molecular complexity index is 252. The predicted octanol–water partition coefficient (Wildman–Crippen LogP) is 3.42. The Hall–Kier alpha value is -0.340. The van der Waals surface area contributed by atoms with Crippen LogP contribution in [0.5, 0.6) is 0 Å². The summed E-state index contributed by atoms with van der Waals surface area (Å²) in [5.41, 5.74) is 4.09. The van der Waals surface area contributed by atoms with Crippen LogP contribution < -0.4 is 0 Å². The summed E-state index contributed by atoms with van der Waals surface area (Å²) < 4.78 is 0. The Kier molecular flexibility index (Phi) is 3.76. The molecule has 0 aliphatic heterocycles. The summed E-state index contributed by atoms with van der Waals surface area (Å²) in [4.78, 5) is 4.17. The smallest absolute Gasteiger partial charge is 0.0798 e. The average Bonchev–Trinajstić information content (AvgIpc) is 2.51. The minimum Gasteiger partial charge on any atom is -0.245 e. The molecule has 0 spiro atoms. The van der Waals surface area contributed by atoms with Crippen LogP contribution in [-0.2, 0) is 0 Å². The number of hydrogen-bond donors (Lipinski definition) is 0. The largest absolute Gasteiger partial charge is 0.245 e. The van der Waals surface area contributed by atoms with E-state index in [0.29, 0.717) is 11.8 Å². The molecule has 1 heterocycles. The van der Waals surface area contributed by atoms with Gasteiger partial charge >= 0.3 is 0 Å². The van der Waals surface area contributed by atoms with Crippen molar-refractivity contribution in [1.29, 1.82) is 0 Å². The Morgan fingerprint density at radius 1 is 1.75 bits per heavy atom. The van der Waals surface area contributed by atoms with Crippen LogP contribution in [0.4, 0.5) is 0 Å². The first-order valence-electron chi connectivity index (χ1n) is 3.88. The van der Waals surface area contributed by atoms with Crippen LogP contribution in [0.3, 0.4) is 0 Å². The molecule has 0 N–H and O–H groups in total. The Morgan fingerprint density at radius 3 is 2.92 bits per heavy atom. The van der Waals surface area contributed by atoms with E-state index in [2.05, 4.69) is 24.9 Å². The maximum absolute atomic E-state index is 5.79. The highest BCUT2D eigenvalue weighted by Crippen LogP contribution is 2.15. The maximum atomic E-state index is 5.79. The van der Waals surface area contributed by atoms with Crippen molar-refractivity contribution in [2.75, 3.05) is 5.88 Å². The normalized spacial score (nSPS) is 12.5. The van der Waals surface area contributed by atoms with Gasteiger partial charge in [0, 0.05) is 11.3 Å². The van der Waals surface area contributed by atoms with Gasteiger partial charge in [-0.25, -0.2) is 4.98 Å². The van der Waals surface area contributed by atoms with Crippen LogP contribution in [0.25, 0.3) is 6.08 Å². The van der Waals surface area contributed by atoms with Gasteiger partial charge < -0.3 is 0 Å². The fourth-order valence-corrected chi connectivity index (χ4v) is 1.74. The third-order valence-corrected chi connectivity index (χ3v) is 2.59. The van der Waals surface area contributed by atoms with Gasteiger partial charge in [-0.1, -0.05) is 19.4 Å². The summed E-state index contributed by atoms with van der Waals surface area (Å²) in [7, 11) is 0. The minimum atomic E-state index is 0.504. The molecule has 0 saturated carbocycles. The predicted molar refractivity (Wildman–Crippen MR) is 55.6 cm³/mol. The maximum Gasteiger partial charge on any atom is 0.0798 e. The van der Waals surface area contributed by atoms with Crippen molar-refractivity contribution in [2.45, 2.75) is 13.8 Å². The molecule has 0 aliphatic carbocycles. The summed E-state index contributed by atoms with van der Waals surface area (Å²) in [6, 6.07) is 0. The van der Waals surface area contributed by atoms with Gasteiger partial charge in [-0.3, -0.25) is 0 Å². The Labute approximate surface area is 82.1 Å². The molecular weight excluding hydrogens is 190 g/mol. The van der Waals surface area contributed by atoms with Crippen molar-refractivity contribution in [3.8, 4) is 0 Å². The first kappa shape index (κ1) is 9.75. The van der Waals surface area contributed by atoms with Gasteiger partial charge in [0.05, 0.1) is 11.2 Å². The molecule has 12 heavy (non-hydrogen) atoms. The monoisotopic (exact) mass is 201 g/mol. The van der Waals surface area contributed by atoms with E-state index in [1.165, 1.54) is 5.57 Å². The van der Waals surface area contributed by atoms with E-state index in [-0.39, 0.29) is 0 Å². The fourth-order valence-electron chi connectivity index (χ4n) is 0.843. The summed E-state index contributed by atoms with van der Waals surface area (Å²) in [5.74, 6) is 1.10. The molecule has 1 rings (SSSR count). The van der Waals surface area contributed by atoms with E-state index in [4.69, 9.17) is 11.6 Å². The molecule has 0 amide bonds. The van der Waals surface area contributed by atoms with E-state index in [9.17, 15) is 0 Å². The highest BCUT2D eigenvalue weighted by molar-refractivity contribution is 7.07. The van der Waals surface area contributed by atoms with E-state index in [1.807, 2.05) is 10.9 Å². The molecule has 1 aromatic rings. The van der Waals surface area contributed by atoms with Gasteiger partial charge in [-0.05, 0) is 12.0 Å². The molecule has 1 aromatic heterocycles. The molecule has 0 bridgehead atoms. The lowest BCUT2D eigenvalue weighted by Gasteiger charge is -2.05. The van der Waals surface area contributed by atoms with Crippen molar-refractivity contribution in [3.05, 3.63) is 22.2 Å². The van der Waals surface area contributed by atoms with Crippen LogP contribution in [0.2, 0.25) is 0 Å². The summed E-state index contributed by atoms with van der Waals surface area (Å²) >= 11 is 7.39. The molecule has 0 atom stereocenters. The first-order chi connectivity index (χ1) is 5.74. The molecule has 0 unspecified atom stereocenters. The van der Waals surface area contributed by atoms with Crippen molar-refractivity contribution >= 4 is 29.0 Å². The zero-order valence-corrected chi connectivity index (χ0v) is 8.82. The van der Waals surface area contributed by atoms with Gasteiger partial charge in [0.1, 0.15) is 0 Å². The fraction of sp³-hybridized carbons (Fsp3) is 0.444. The molecule has 0 aromatic carbocycles. The van der Waals surface area contributed by atoms with Crippen LogP contribution in [0, 0.1) is 5.92 Å². The minimum absolute atomic E-state index is 0.504. The van der Waals surface area contributed by atoms with Crippen molar-refractivity contribution < 1.29 is 0 Å².